The second-order valence-electron chi connectivity index (χ2n) is 3.30. The largest absolute Gasteiger partial charge is 0.480 e. The zero-order valence-corrected chi connectivity index (χ0v) is 10.8. The lowest BCUT2D eigenvalue weighted by Crippen LogP contribution is -2.36. The Bertz CT molecular complexity index is 591. The van der Waals surface area contributed by atoms with Crippen LogP contribution in [0.4, 0.5) is 0 Å². The highest BCUT2D eigenvalue weighted by Crippen LogP contribution is 2.23. The molecule has 0 aromatic heterocycles. The number of sulfonamides is 1. The molecule has 0 aliphatic carbocycles. The first kappa shape index (κ1) is 14.5. The van der Waals surface area contributed by atoms with Gasteiger partial charge >= 0.3 is 5.97 Å². The number of benzene rings is 1. The zero-order valence-electron chi connectivity index (χ0n) is 9.21. The molecule has 1 aromatic rings. The maximum atomic E-state index is 12.2. The van der Waals surface area contributed by atoms with Gasteiger partial charge in [0.1, 0.15) is 11.4 Å². The standard InChI is InChI=1S/C11H10ClNO4S/c1-2-7-13(8-11(14)15)18(16,17)10-6-4-3-5-9(10)12/h1,3-6H,7-8H2,(H,14,15). The Balaban J connectivity index is 3.22. The molecule has 0 bridgehead atoms. The smallest absolute Gasteiger partial charge is 0.318 e. The second kappa shape index (κ2) is 5.87. The molecular formula is C11H10ClNO4S. The molecule has 0 spiro atoms. The van der Waals surface area contributed by atoms with Gasteiger partial charge in [0.2, 0.25) is 10.0 Å². The van der Waals surface area contributed by atoms with Crippen molar-refractivity contribution < 1.29 is 18.3 Å². The molecular weight excluding hydrogens is 278 g/mol. The lowest BCUT2D eigenvalue weighted by atomic mass is 10.4. The minimum absolute atomic E-state index is 0.0184. The van der Waals surface area contributed by atoms with E-state index >= 15 is 0 Å². The van der Waals surface area contributed by atoms with Gasteiger partial charge in [0.05, 0.1) is 11.6 Å². The maximum absolute atomic E-state index is 12.2. The van der Waals surface area contributed by atoms with Gasteiger partial charge in [-0.2, -0.15) is 4.31 Å². The van der Waals surface area contributed by atoms with Crippen LogP contribution in [0.3, 0.4) is 0 Å². The number of aliphatic carboxylic acids is 1. The summed E-state index contributed by atoms with van der Waals surface area (Å²) < 4.78 is 25.0. The number of terminal acetylenes is 1. The highest BCUT2D eigenvalue weighted by atomic mass is 35.5. The average Bonchev–Trinajstić information content (AvgIpc) is 2.28. The van der Waals surface area contributed by atoms with Crippen molar-refractivity contribution in [2.75, 3.05) is 13.1 Å². The van der Waals surface area contributed by atoms with E-state index in [1.807, 2.05) is 0 Å². The van der Waals surface area contributed by atoms with Crippen LogP contribution in [0.25, 0.3) is 0 Å². The summed E-state index contributed by atoms with van der Waals surface area (Å²) in [6, 6.07) is 5.77. The van der Waals surface area contributed by atoms with E-state index in [-0.39, 0.29) is 16.5 Å². The Morgan fingerprint density at radius 3 is 2.56 bits per heavy atom. The number of carbonyl (C=O) groups is 1. The minimum Gasteiger partial charge on any atom is -0.480 e. The van der Waals surface area contributed by atoms with Crippen LogP contribution in [0.2, 0.25) is 5.02 Å². The van der Waals surface area contributed by atoms with Crippen molar-refractivity contribution in [3.8, 4) is 12.3 Å². The van der Waals surface area contributed by atoms with E-state index in [2.05, 4.69) is 5.92 Å². The fraction of sp³-hybridized carbons (Fsp3) is 0.182. The Hall–Kier alpha value is -1.55. The van der Waals surface area contributed by atoms with Crippen LogP contribution in [-0.4, -0.2) is 36.9 Å². The fourth-order valence-corrected chi connectivity index (χ4v) is 3.07. The van der Waals surface area contributed by atoms with Crippen molar-refractivity contribution in [3.05, 3.63) is 29.3 Å². The highest BCUT2D eigenvalue weighted by molar-refractivity contribution is 7.89. The summed E-state index contributed by atoms with van der Waals surface area (Å²) in [5.74, 6) is 0.818. The first-order valence-corrected chi connectivity index (χ1v) is 6.61. The van der Waals surface area contributed by atoms with E-state index in [1.165, 1.54) is 18.2 Å². The monoisotopic (exact) mass is 287 g/mol. The molecule has 0 aliphatic rings. The molecule has 5 nitrogen and oxygen atoms in total. The molecule has 0 fully saturated rings. The molecule has 18 heavy (non-hydrogen) atoms. The Labute approximate surface area is 110 Å². The van der Waals surface area contributed by atoms with E-state index in [9.17, 15) is 13.2 Å². The van der Waals surface area contributed by atoms with Crippen LogP contribution in [0, 0.1) is 12.3 Å². The number of carboxylic acid groups (broad SMARTS) is 1. The SMILES string of the molecule is C#CCN(CC(=O)O)S(=O)(=O)c1ccccc1Cl. The predicted octanol–water partition coefficient (Wildman–Crippen LogP) is 1.05. The minimum atomic E-state index is -4.01. The summed E-state index contributed by atoms with van der Waals surface area (Å²) in [5.41, 5.74) is 0. The average molecular weight is 288 g/mol. The van der Waals surface area contributed by atoms with Crippen molar-refractivity contribution in [1.82, 2.24) is 4.31 Å². The van der Waals surface area contributed by atoms with E-state index in [4.69, 9.17) is 23.1 Å². The maximum Gasteiger partial charge on any atom is 0.318 e. The Morgan fingerprint density at radius 1 is 1.44 bits per heavy atom. The zero-order chi connectivity index (χ0) is 13.8. The number of nitrogens with zero attached hydrogens (tertiary/aromatic N) is 1. The molecule has 1 aromatic carbocycles. The molecule has 96 valence electrons. The van der Waals surface area contributed by atoms with Crippen molar-refractivity contribution in [1.29, 1.82) is 0 Å². The van der Waals surface area contributed by atoms with E-state index in [1.54, 1.807) is 6.07 Å². The van der Waals surface area contributed by atoms with Crippen molar-refractivity contribution >= 4 is 27.6 Å². The molecule has 1 rings (SSSR count). The van der Waals surface area contributed by atoms with Crippen LogP contribution < -0.4 is 0 Å². The van der Waals surface area contributed by atoms with E-state index in [0.29, 0.717) is 4.31 Å². The first-order valence-electron chi connectivity index (χ1n) is 4.79. The number of hydrogen-bond donors (Lipinski definition) is 1. The van der Waals surface area contributed by atoms with Gasteiger partial charge in [-0.15, -0.1) is 6.42 Å². The third kappa shape index (κ3) is 3.23. The van der Waals surface area contributed by atoms with Gasteiger partial charge in [0.15, 0.2) is 0 Å². The lowest BCUT2D eigenvalue weighted by molar-refractivity contribution is -0.137. The predicted molar refractivity (Wildman–Crippen MR) is 66.7 cm³/mol. The molecule has 1 N–H and O–H groups in total. The van der Waals surface area contributed by atoms with E-state index in [0.717, 1.165) is 0 Å². The van der Waals surface area contributed by atoms with Crippen LogP contribution >= 0.6 is 11.6 Å². The lowest BCUT2D eigenvalue weighted by Gasteiger charge is -2.18. The van der Waals surface area contributed by atoms with Crippen LogP contribution in [0.15, 0.2) is 29.2 Å². The second-order valence-corrected chi connectivity index (χ2v) is 5.61. The summed E-state index contributed by atoms with van der Waals surface area (Å²) in [6.07, 6.45) is 5.04. The molecule has 0 aliphatic heterocycles. The quantitative estimate of drug-likeness (QED) is 0.822. The van der Waals surface area contributed by atoms with Gasteiger partial charge < -0.3 is 5.11 Å². The van der Waals surface area contributed by atoms with Crippen LogP contribution in [0.1, 0.15) is 0 Å². The summed E-state index contributed by atoms with van der Waals surface area (Å²) >= 11 is 5.78. The van der Waals surface area contributed by atoms with Crippen molar-refractivity contribution in [2.24, 2.45) is 0 Å². The molecule has 0 atom stereocenters. The Morgan fingerprint density at radius 2 is 2.06 bits per heavy atom. The molecule has 0 amide bonds. The Kier molecular flexibility index (Phi) is 4.73. The normalized spacial score (nSPS) is 11.2. The van der Waals surface area contributed by atoms with Gasteiger partial charge in [0, 0.05) is 0 Å². The fourth-order valence-electron chi connectivity index (χ4n) is 1.27. The third-order valence-electron chi connectivity index (χ3n) is 2.03. The van der Waals surface area contributed by atoms with Crippen LogP contribution in [-0.2, 0) is 14.8 Å². The molecule has 0 saturated carbocycles. The summed E-state index contributed by atoms with van der Waals surface area (Å²) in [4.78, 5) is 10.5. The van der Waals surface area contributed by atoms with Crippen molar-refractivity contribution in [3.63, 3.8) is 0 Å². The van der Waals surface area contributed by atoms with Gasteiger partial charge in [-0.3, -0.25) is 4.79 Å². The molecule has 0 heterocycles. The summed E-state index contributed by atoms with van der Waals surface area (Å²) in [5, 5.41) is 8.70. The van der Waals surface area contributed by atoms with Gasteiger partial charge in [-0.25, -0.2) is 8.42 Å². The van der Waals surface area contributed by atoms with Crippen molar-refractivity contribution in [2.45, 2.75) is 4.90 Å². The van der Waals surface area contributed by atoms with Gasteiger partial charge in [-0.1, -0.05) is 29.7 Å². The van der Waals surface area contributed by atoms with Crippen LogP contribution in [0.5, 0.6) is 0 Å². The number of carboxylic acids is 1. The van der Waals surface area contributed by atoms with Gasteiger partial charge in [0.25, 0.3) is 0 Å². The topological polar surface area (TPSA) is 74.7 Å². The number of hydrogen-bond acceptors (Lipinski definition) is 3. The summed E-state index contributed by atoms with van der Waals surface area (Å²) in [7, 11) is -4.01. The molecule has 0 unspecified atom stereocenters. The third-order valence-corrected chi connectivity index (χ3v) is 4.33. The molecule has 0 radical (unpaired) electrons. The summed E-state index contributed by atoms with van der Waals surface area (Å²) in [6.45, 7) is -1.04. The highest BCUT2D eigenvalue weighted by Gasteiger charge is 2.27. The van der Waals surface area contributed by atoms with E-state index < -0.39 is 22.5 Å². The molecule has 0 saturated heterocycles. The van der Waals surface area contributed by atoms with Gasteiger partial charge in [-0.05, 0) is 12.1 Å². The molecule has 7 heteroatoms. The number of halogens is 1. The number of rotatable bonds is 5. The first-order chi connectivity index (χ1) is 8.39.